The minimum Gasteiger partial charge on any atom is -0.468 e. The number of carbonyl (C=O) groups is 1. The first-order valence-corrected chi connectivity index (χ1v) is 7.73. The molecule has 5 nitrogen and oxygen atoms in total. The zero-order valence-electron chi connectivity index (χ0n) is 12.8. The van der Waals surface area contributed by atoms with Gasteiger partial charge in [0, 0.05) is 13.2 Å². The normalized spacial score (nSPS) is 33.8. The van der Waals surface area contributed by atoms with E-state index in [1.807, 2.05) is 0 Å². The Hall–Kier alpha value is -0.650. The van der Waals surface area contributed by atoms with Crippen LogP contribution in [0.1, 0.15) is 38.5 Å². The first kappa shape index (κ1) is 15.7. The fourth-order valence-corrected chi connectivity index (χ4v) is 3.57. The second-order valence-corrected chi connectivity index (χ2v) is 6.31. The molecule has 5 heteroatoms. The van der Waals surface area contributed by atoms with Gasteiger partial charge < -0.3 is 20.1 Å². The zero-order valence-corrected chi connectivity index (χ0v) is 12.8. The number of nitrogens with two attached hydrogens (primary N) is 1. The number of ether oxygens (including phenoxy) is 2. The van der Waals surface area contributed by atoms with E-state index < -0.39 is 5.54 Å². The van der Waals surface area contributed by atoms with Gasteiger partial charge in [0.05, 0.1) is 13.2 Å². The van der Waals surface area contributed by atoms with Crippen molar-refractivity contribution in [2.45, 2.75) is 50.2 Å². The molecule has 2 aliphatic rings. The number of hydrogen-bond donors (Lipinski definition) is 1. The maximum atomic E-state index is 11.9. The van der Waals surface area contributed by atoms with E-state index in [4.69, 9.17) is 15.2 Å². The van der Waals surface area contributed by atoms with E-state index in [1.165, 1.54) is 13.5 Å². The highest BCUT2D eigenvalue weighted by Gasteiger charge is 2.46. The van der Waals surface area contributed by atoms with Crippen molar-refractivity contribution < 1.29 is 14.3 Å². The molecule has 1 aliphatic carbocycles. The summed E-state index contributed by atoms with van der Waals surface area (Å²) in [4.78, 5) is 14.2. The highest BCUT2D eigenvalue weighted by atomic mass is 16.5. The van der Waals surface area contributed by atoms with E-state index in [-0.39, 0.29) is 11.9 Å². The second kappa shape index (κ2) is 6.87. The summed E-state index contributed by atoms with van der Waals surface area (Å²) in [6.07, 6.45) is 6.47. The highest BCUT2D eigenvalue weighted by molar-refractivity contribution is 5.81. The second-order valence-electron chi connectivity index (χ2n) is 6.31. The van der Waals surface area contributed by atoms with Crippen LogP contribution in [0.2, 0.25) is 0 Å². The Labute approximate surface area is 121 Å². The maximum Gasteiger partial charge on any atom is 0.326 e. The Bertz CT molecular complexity index is 331. The third kappa shape index (κ3) is 3.51. The molecule has 0 aromatic heterocycles. The van der Waals surface area contributed by atoms with Crippen LogP contribution in [0.5, 0.6) is 0 Å². The van der Waals surface area contributed by atoms with Crippen LogP contribution in [0, 0.1) is 5.92 Å². The average Bonchev–Trinajstić information content (AvgIpc) is 3.06. The molecule has 1 heterocycles. The van der Waals surface area contributed by atoms with Gasteiger partial charge in [0.15, 0.2) is 0 Å². The van der Waals surface area contributed by atoms with Crippen LogP contribution >= 0.6 is 0 Å². The van der Waals surface area contributed by atoms with Crippen LogP contribution in [0.3, 0.4) is 0 Å². The molecule has 0 spiro atoms. The molecule has 0 amide bonds. The molecule has 116 valence electrons. The number of rotatable bonds is 6. The molecule has 2 fully saturated rings. The van der Waals surface area contributed by atoms with Crippen molar-refractivity contribution in [2.75, 3.05) is 33.9 Å². The summed E-state index contributed by atoms with van der Waals surface area (Å²) < 4.78 is 10.5. The number of hydrogen-bond acceptors (Lipinski definition) is 5. The van der Waals surface area contributed by atoms with E-state index in [0.717, 1.165) is 51.8 Å². The number of methoxy groups -OCH3 is 1. The predicted molar refractivity (Wildman–Crippen MR) is 77.4 cm³/mol. The fraction of sp³-hybridized carbons (Fsp3) is 0.933. The number of esters is 1. The maximum absolute atomic E-state index is 11.9. The van der Waals surface area contributed by atoms with Crippen LogP contribution in [0.25, 0.3) is 0 Å². The van der Waals surface area contributed by atoms with Gasteiger partial charge in [-0.05, 0) is 51.6 Å². The molecule has 3 atom stereocenters. The first-order valence-electron chi connectivity index (χ1n) is 7.73. The monoisotopic (exact) mass is 284 g/mol. The number of likely N-dealkylation sites (N-methyl/N-ethyl adjacent to an activating group) is 1. The van der Waals surface area contributed by atoms with Gasteiger partial charge in [-0.3, -0.25) is 4.79 Å². The van der Waals surface area contributed by atoms with Crippen LogP contribution in [0.4, 0.5) is 0 Å². The summed E-state index contributed by atoms with van der Waals surface area (Å²) in [6.45, 7) is 2.83. The Morgan fingerprint density at radius 2 is 2.25 bits per heavy atom. The first-order chi connectivity index (χ1) is 9.56. The molecule has 3 unspecified atom stereocenters. The molecule has 1 saturated carbocycles. The van der Waals surface area contributed by atoms with Crippen molar-refractivity contribution in [1.29, 1.82) is 0 Å². The largest absolute Gasteiger partial charge is 0.468 e. The quantitative estimate of drug-likeness (QED) is 0.741. The molecule has 0 radical (unpaired) electrons. The summed E-state index contributed by atoms with van der Waals surface area (Å²) in [5, 5.41) is 0. The molecule has 1 saturated heterocycles. The van der Waals surface area contributed by atoms with Gasteiger partial charge in [0.2, 0.25) is 0 Å². The van der Waals surface area contributed by atoms with Crippen molar-refractivity contribution in [3.8, 4) is 0 Å². The average molecular weight is 284 g/mol. The van der Waals surface area contributed by atoms with E-state index in [1.54, 1.807) is 0 Å². The summed E-state index contributed by atoms with van der Waals surface area (Å²) in [5.74, 6) is -0.0105. The Morgan fingerprint density at radius 1 is 1.45 bits per heavy atom. The molecule has 20 heavy (non-hydrogen) atoms. The summed E-state index contributed by atoms with van der Waals surface area (Å²) in [5.41, 5.74) is 5.52. The SMILES string of the molecule is COC(=O)C1(N)CCCC1CCN(C)CC1CCCO1. The summed E-state index contributed by atoms with van der Waals surface area (Å²) in [7, 11) is 3.54. The molecule has 2 N–H and O–H groups in total. The molecule has 0 aromatic rings. The zero-order chi connectivity index (χ0) is 14.6. The van der Waals surface area contributed by atoms with E-state index >= 15 is 0 Å². The lowest BCUT2D eigenvalue weighted by atomic mass is 9.85. The van der Waals surface area contributed by atoms with Crippen LogP contribution in [0.15, 0.2) is 0 Å². The molecular weight excluding hydrogens is 256 g/mol. The van der Waals surface area contributed by atoms with Crippen molar-refractivity contribution >= 4 is 5.97 Å². The Balaban J connectivity index is 1.78. The Morgan fingerprint density at radius 3 is 2.90 bits per heavy atom. The van der Waals surface area contributed by atoms with E-state index in [0.29, 0.717) is 6.10 Å². The molecular formula is C15H28N2O3. The fourth-order valence-electron chi connectivity index (χ4n) is 3.57. The minimum atomic E-state index is -0.764. The van der Waals surface area contributed by atoms with Crippen LogP contribution in [-0.4, -0.2) is 56.4 Å². The lowest BCUT2D eigenvalue weighted by Crippen LogP contribution is -2.52. The van der Waals surface area contributed by atoms with Crippen LogP contribution < -0.4 is 5.73 Å². The predicted octanol–water partition coefficient (Wildman–Crippen LogP) is 1.16. The van der Waals surface area contributed by atoms with Crippen molar-refractivity contribution in [3.63, 3.8) is 0 Å². The molecule has 0 bridgehead atoms. The molecule has 2 rings (SSSR count). The van der Waals surface area contributed by atoms with Crippen molar-refractivity contribution in [2.24, 2.45) is 11.7 Å². The van der Waals surface area contributed by atoms with Gasteiger partial charge in [0.25, 0.3) is 0 Å². The Kier molecular flexibility index (Phi) is 5.41. The lowest BCUT2D eigenvalue weighted by Gasteiger charge is -2.30. The van der Waals surface area contributed by atoms with Crippen molar-refractivity contribution in [1.82, 2.24) is 4.90 Å². The lowest BCUT2D eigenvalue weighted by molar-refractivity contribution is -0.148. The smallest absolute Gasteiger partial charge is 0.326 e. The van der Waals surface area contributed by atoms with Gasteiger partial charge in [0.1, 0.15) is 5.54 Å². The van der Waals surface area contributed by atoms with Gasteiger partial charge in [-0.2, -0.15) is 0 Å². The van der Waals surface area contributed by atoms with Gasteiger partial charge >= 0.3 is 5.97 Å². The molecule has 1 aliphatic heterocycles. The van der Waals surface area contributed by atoms with Gasteiger partial charge in [-0.25, -0.2) is 0 Å². The topological polar surface area (TPSA) is 64.8 Å². The summed E-state index contributed by atoms with van der Waals surface area (Å²) >= 11 is 0. The minimum absolute atomic E-state index is 0.238. The van der Waals surface area contributed by atoms with Crippen molar-refractivity contribution in [3.05, 3.63) is 0 Å². The highest BCUT2D eigenvalue weighted by Crippen LogP contribution is 2.37. The van der Waals surface area contributed by atoms with Gasteiger partial charge in [-0.15, -0.1) is 0 Å². The van der Waals surface area contributed by atoms with Crippen LogP contribution in [-0.2, 0) is 14.3 Å². The van der Waals surface area contributed by atoms with E-state index in [2.05, 4.69) is 11.9 Å². The third-order valence-electron chi connectivity index (χ3n) is 4.84. The number of nitrogens with zero attached hydrogens (tertiary/aromatic N) is 1. The standard InChI is InChI=1S/C15H28N2O3/c1-17(11-13-6-4-10-20-13)9-7-12-5-3-8-15(12,16)14(18)19-2/h12-13H,3-11,16H2,1-2H3. The van der Waals surface area contributed by atoms with E-state index in [9.17, 15) is 4.79 Å². The third-order valence-corrected chi connectivity index (χ3v) is 4.84. The summed E-state index contributed by atoms with van der Waals surface area (Å²) in [6, 6.07) is 0. The molecule has 0 aromatic carbocycles. The van der Waals surface area contributed by atoms with Gasteiger partial charge in [-0.1, -0.05) is 6.42 Å². The number of carbonyl (C=O) groups excluding carboxylic acids is 1.